The summed E-state index contributed by atoms with van der Waals surface area (Å²) in [6.45, 7) is 3.78. The van der Waals surface area contributed by atoms with E-state index in [1.807, 2.05) is 18.2 Å². The summed E-state index contributed by atoms with van der Waals surface area (Å²) in [6, 6.07) is 20.3. The number of nitrogens with one attached hydrogen (secondary N) is 2. The molecule has 4 rings (SSSR count). The first kappa shape index (κ1) is 18.4. The van der Waals surface area contributed by atoms with E-state index >= 15 is 0 Å². The molecule has 0 saturated carbocycles. The second kappa shape index (κ2) is 8.34. The minimum Gasteiger partial charge on any atom is -0.508 e. The summed E-state index contributed by atoms with van der Waals surface area (Å²) in [6.07, 6.45) is 4.92. The number of anilines is 1. The maximum atomic E-state index is 10.4. The smallest absolute Gasteiger partial charge is 0.356 e. The molecule has 0 aliphatic rings. The van der Waals surface area contributed by atoms with E-state index in [0.717, 1.165) is 40.8 Å². The van der Waals surface area contributed by atoms with Crippen LogP contribution in [0, 0.1) is 0 Å². The first-order valence-electron chi connectivity index (χ1n) is 10.2. The molecular formula is C24H28N3O+. The fourth-order valence-electron chi connectivity index (χ4n) is 3.88. The highest BCUT2D eigenvalue weighted by Gasteiger charge is 2.18. The molecule has 144 valence electrons. The van der Waals surface area contributed by atoms with Crippen molar-refractivity contribution in [1.82, 2.24) is 4.98 Å². The monoisotopic (exact) mass is 374 g/mol. The van der Waals surface area contributed by atoms with Gasteiger partial charge < -0.3 is 5.11 Å². The Morgan fingerprint density at radius 1 is 0.929 bits per heavy atom. The van der Waals surface area contributed by atoms with Crippen LogP contribution in [-0.2, 0) is 13.1 Å². The number of fused-ring (bicyclic) bond motifs is 2. The number of H-pyrrole nitrogens is 1. The maximum Gasteiger partial charge on any atom is 0.356 e. The van der Waals surface area contributed by atoms with Crippen LogP contribution in [-0.4, -0.2) is 10.1 Å². The molecule has 0 radical (unpaired) electrons. The SMILES string of the molecule is CCCCCC[n+]1c(NCc2c(O)ccc3ccccc23)[nH]c2ccccc21. The van der Waals surface area contributed by atoms with Gasteiger partial charge in [-0.25, -0.2) is 9.55 Å². The standard InChI is InChI=1S/C24H27N3O/c1-2-3-4-9-16-27-22-13-8-7-12-21(22)26-24(27)25-17-20-19-11-6-5-10-18(19)14-15-23(20)28/h5-8,10-15H,2-4,9,16-17H2,1H3,(H2,25,26,28)/p+1. The fraction of sp³-hybridized carbons (Fsp3) is 0.292. The number of phenolic OH excluding ortho intramolecular Hbond substituents is 1. The summed E-state index contributed by atoms with van der Waals surface area (Å²) in [5.41, 5.74) is 3.26. The van der Waals surface area contributed by atoms with Gasteiger partial charge in [-0.3, -0.25) is 5.32 Å². The van der Waals surface area contributed by atoms with E-state index in [1.54, 1.807) is 6.07 Å². The molecule has 0 amide bonds. The Balaban J connectivity index is 1.62. The summed E-state index contributed by atoms with van der Waals surface area (Å²) >= 11 is 0. The molecular weight excluding hydrogens is 346 g/mol. The number of benzene rings is 3. The molecule has 0 aliphatic carbocycles. The lowest BCUT2D eigenvalue weighted by Gasteiger charge is -2.09. The topological polar surface area (TPSA) is 51.9 Å². The van der Waals surface area contributed by atoms with Gasteiger partial charge in [-0.05, 0) is 35.4 Å². The van der Waals surface area contributed by atoms with E-state index in [4.69, 9.17) is 0 Å². The second-order valence-electron chi connectivity index (χ2n) is 7.34. The number of aromatic hydroxyl groups is 1. The molecule has 1 aromatic heterocycles. The molecule has 0 aliphatic heterocycles. The summed E-state index contributed by atoms with van der Waals surface area (Å²) < 4.78 is 2.33. The molecule has 1 heterocycles. The number of nitrogens with zero attached hydrogens (tertiary/aromatic N) is 1. The van der Waals surface area contributed by atoms with Crippen LogP contribution < -0.4 is 9.88 Å². The number of aromatic nitrogens is 2. The second-order valence-corrected chi connectivity index (χ2v) is 7.34. The first-order valence-corrected chi connectivity index (χ1v) is 10.2. The average Bonchev–Trinajstić information content (AvgIpc) is 3.08. The lowest BCUT2D eigenvalue weighted by molar-refractivity contribution is -0.657. The van der Waals surface area contributed by atoms with Crippen LogP contribution in [0.2, 0.25) is 0 Å². The molecule has 4 heteroatoms. The minimum atomic E-state index is 0.330. The number of para-hydroxylation sites is 2. The molecule has 3 N–H and O–H groups in total. The molecule has 0 unspecified atom stereocenters. The zero-order chi connectivity index (χ0) is 19.3. The Morgan fingerprint density at radius 3 is 2.64 bits per heavy atom. The maximum absolute atomic E-state index is 10.4. The van der Waals surface area contributed by atoms with Gasteiger partial charge in [0.2, 0.25) is 0 Å². The predicted octanol–water partition coefficient (Wildman–Crippen LogP) is 5.51. The van der Waals surface area contributed by atoms with Crippen LogP contribution >= 0.6 is 0 Å². The predicted molar refractivity (Wildman–Crippen MR) is 116 cm³/mol. The van der Waals surface area contributed by atoms with Crippen LogP contribution in [0.15, 0.2) is 60.7 Å². The van der Waals surface area contributed by atoms with Crippen molar-refractivity contribution in [3.63, 3.8) is 0 Å². The van der Waals surface area contributed by atoms with Gasteiger partial charge in [0, 0.05) is 5.56 Å². The molecule has 0 spiro atoms. The van der Waals surface area contributed by atoms with E-state index in [0.29, 0.717) is 12.3 Å². The highest BCUT2D eigenvalue weighted by atomic mass is 16.3. The number of hydrogen-bond acceptors (Lipinski definition) is 2. The number of imidazole rings is 1. The van der Waals surface area contributed by atoms with E-state index in [2.05, 4.69) is 58.2 Å². The molecule has 0 fully saturated rings. The van der Waals surface area contributed by atoms with Gasteiger partial charge in [-0.1, -0.05) is 68.7 Å². The van der Waals surface area contributed by atoms with E-state index in [1.165, 1.54) is 24.8 Å². The number of phenols is 1. The molecule has 4 nitrogen and oxygen atoms in total. The van der Waals surface area contributed by atoms with Crippen molar-refractivity contribution in [2.24, 2.45) is 0 Å². The summed E-state index contributed by atoms with van der Waals surface area (Å²) in [5, 5.41) is 16.2. The van der Waals surface area contributed by atoms with Crippen molar-refractivity contribution in [2.75, 3.05) is 5.32 Å². The molecule has 3 aromatic carbocycles. The molecule has 4 aromatic rings. The van der Waals surface area contributed by atoms with Gasteiger partial charge >= 0.3 is 5.95 Å². The van der Waals surface area contributed by atoms with Crippen LogP contribution in [0.25, 0.3) is 21.8 Å². The van der Waals surface area contributed by atoms with E-state index < -0.39 is 0 Å². The van der Waals surface area contributed by atoms with Crippen LogP contribution in [0.1, 0.15) is 38.2 Å². The van der Waals surface area contributed by atoms with Crippen LogP contribution in [0.3, 0.4) is 0 Å². The van der Waals surface area contributed by atoms with Crippen LogP contribution in [0.4, 0.5) is 5.95 Å². The van der Waals surface area contributed by atoms with Crippen LogP contribution in [0.5, 0.6) is 5.75 Å². The zero-order valence-corrected chi connectivity index (χ0v) is 16.4. The molecule has 28 heavy (non-hydrogen) atoms. The first-order chi connectivity index (χ1) is 13.8. The third-order valence-corrected chi connectivity index (χ3v) is 5.40. The van der Waals surface area contributed by atoms with Gasteiger partial charge in [0.1, 0.15) is 16.8 Å². The van der Waals surface area contributed by atoms with Gasteiger partial charge in [0.25, 0.3) is 0 Å². The largest absolute Gasteiger partial charge is 0.508 e. The molecule has 0 bridgehead atoms. The van der Waals surface area contributed by atoms with Gasteiger partial charge in [0.05, 0.1) is 13.1 Å². The van der Waals surface area contributed by atoms with Gasteiger partial charge in [-0.2, -0.15) is 0 Å². The Labute approximate surface area is 165 Å². The van der Waals surface area contributed by atoms with Gasteiger partial charge in [0.15, 0.2) is 0 Å². The average molecular weight is 375 g/mol. The summed E-state index contributed by atoms with van der Waals surface area (Å²) in [4.78, 5) is 3.51. The third kappa shape index (κ3) is 3.68. The van der Waals surface area contributed by atoms with Crippen molar-refractivity contribution in [3.05, 3.63) is 66.2 Å². The Kier molecular flexibility index (Phi) is 5.47. The van der Waals surface area contributed by atoms with E-state index in [-0.39, 0.29) is 0 Å². The minimum absolute atomic E-state index is 0.330. The molecule has 0 saturated heterocycles. The quantitative estimate of drug-likeness (QED) is 0.281. The van der Waals surface area contributed by atoms with E-state index in [9.17, 15) is 5.11 Å². The normalized spacial score (nSPS) is 11.3. The zero-order valence-electron chi connectivity index (χ0n) is 16.4. The summed E-state index contributed by atoms with van der Waals surface area (Å²) in [5.74, 6) is 1.32. The number of hydrogen-bond donors (Lipinski definition) is 3. The van der Waals surface area contributed by atoms with Crippen molar-refractivity contribution in [3.8, 4) is 5.75 Å². The molecule has 0 atom stereocenters. The highest BCUT2D eigenvalue weighted by Crippen LogP contribution is 2.27. The third-order valence-electron chi connectivity index (χ3n) is 5.40. The highest BCUT2D eigenvalue weighted by molar-refractivity contribution is 5.87. The number of unbranched alkanes of at least 4 members (excludes halogenated alkanes) is 3. The van der Waals surface area contributed by atoms with Crippen molar-refractivity contribution < 1.29 is 9.67 Å². The summed E-state index contributed by atoms with van der Waals surface area (Å²) in [7, 11) is 0. The number of aryl methyl sites for hydroxylation is 1. The van der Waals surface area contributed by atoms with Crippen molar-refractivity contribution in [2.45, 2.75) is 45.7 Å². The lowest BCUT2D eigenvalue weighted by Crippen LogP contribution is -2.36. The van der Waals surface area contributed by atoms with Crippen molar-refractivity contribution >= 4 is 27.8 Å². The van der Waals surface area contributed by atoms with Gasteiger partial charge in [-0.15, -0.1) is 0 Å². The number of rotatable bonds is 8. The number of aromatic amines is 1. The Morgan fingerprint density at radius 2 is 1.75 bits per heavy atom. The fourth-order valence-corrected chi connectivity index (χ4v) is 3.88. The Hall–Kier alpha value is -3.01. The van der Waals surface area contributed by atoms with Crippen molar-refractivity contribution in [1.29, 1.82) is 0 Å². The Bertz CT molecular complexity index is 1080. The lowest BCUT2D eigenvalue weighted by atomic mass is 10.0.